The van der Waals surface area contributed by atoms with Crippen molar-refractivity contribution in [2.45, 2.75) is 50.6 Å². The third-order valence-electron chi connectivity index (χ3n) is 6.79. The van der Waals surface area contributed by atoms with Crippen molar-refractivity contribution in [3.8, 4) is 11.1 Å². The van der Waals surface area contributed by atoms with Crippen LogP contribution in [-0.4, -0.2) is 52.7 Å². The highest BCUT2D eigenvalue weighted by Crippen LogP contribution is 2.44. The summed E-state index contributed by atoms with van der Waals surface area (Å²) in [6.45, 7) is 3.85. The van der Waals surface area contributed by atoms with Crippen LogP contribution < -0.4 is 5.32 Å². The number of nitrogens with zero attached hydrogens (tertiary/aromatic N) is 1. The van der Waals surface area contributed by atoms with Crippen LogP contribution in [0.2, 0.25) is 0 Å². The van der Waals surface area contributed by atoms with Gasteiger partial charge in [0.2, 0.25) is 5.91 Å². The zero-order chi connectivity index (χ0) is 22.9. The summed E-state index contributed by atoms with van der Waals surface area (Å²) in [5, 5.41) is 12.3. The Balaban J connectivity index is 1.40. The number of amides is 2. The first-order valence-corrected chi connectivity index (χ1v) is 11.1. The molecular weight excluding hydrogens is 408 g/mol. The minimum Gasteiger partial charge on any atom is -0.479 e. The monoisotopic (exact) mass is 436 g/mol. The Kier molecular flexibility index (Phi) is 5.91. The van der Waals surface area contributed by atoms with E-state index in [-0.39, 0.29) is 12.5 Å². The van der Waals surface area contributed by atoms with E-state index in [1.54, 1.807) is 13.8 Å². The average molecular weight is 437 g/mol. The molecule has 2 aliphatic rings. The Labute approximate surface area is 187 Å². The molecule has 168 valence electrons. The van der Waals surface area contributed by atoms with Gasteiger partial charge in [0.25, 0.3) is 0 Å². The largest absolute Gasteiger partial charge is 0.479 e. The van der Waals surface area contributed by atoms with Gasteiger partial charge in [0, 0.05) is 12.5 Å². The van der Waals surface area contributed by atoms with Gasteiger partial charge in [-0.25, -0.2) is 9.59 Å². The van der Waals surface area contributed by atoms with Crippen molar-refractivity contribution in [1.82, 2.24) is 10.2 Å². The van der Waals surface area contributed by atoms with Crippen LogP contribution in [0, 0.1) is 0 Å². The summed E-state index contributed by atoms with van der Waals surface area (Å²) in [6, 6.07) is 15.2. The molecule has 7 nitrogen and oxygen atoms in total. The van der Waals surface area contributed by atoms with Crippen LogP contribution >= 0.6 is 0 Å². The van der Waals surface area contributed by atoms with Crippen LogP contribution in [0.5, 0.6) is 0 Å². The fourth-order valence-corrected chi connectivity index (χ4v) is 5.05. The van der Waals surface area contributed by atoms with Crippen LogP contribution in [0.25, 0.3) is 11.1 Å². The Hall–Kier alpha value is -3.35. The number of alkyl carbamates (subject to hydrolysis) is 1. The van der Waals surface area contributed by atoms with Gasteiger partial charge in [-0.1, -0.05) is 55.5 Å². The number of aliphatic carboxylic acids is 1. The van der Waals surface area contributed by atoms with Crippen LogP contribution in [0.3, 0.4) is 0 Å². The number of carbonyl (C=O) groups excluding carboxylic acids is 2. The summed E-state index contributed by atoms with van der Waals surface area (Å²) >= 11 is 0. The zero-order valence-electron chi connectivity index (χ0n) is 18.3. The quantitative estimate of drug-likeness (QED) is 0.719. The van der Waals surface area contributed by atoms with E-state index < -0.39 is 29.6 Å². The predicted octanol–water partition coefficient (Wildman–Crippen LogP) is 3.77. The molecule has 2 aromatic carbocycles. The molecule has 1 fully saturated rings. The third kappa shape index (κ3) is 3.61. The number of fused-ring (bicyclic) bond motifs is 3. The molecule has 1 aliphatic heterocycles. The Morgan fingerprint density at radius 1 is 1.12 bits per heavy atom. The fraction of sp³-hybridized carbons (Fsp3) is 0.400. The minimum absolute atomic E-state index is 0.0718. The van der Waals surface area contributed by atoms with E-state index in [1.807, 2.05) is 36.4 Å². The molecule has 0 aromatic heterocycles. The van der Waals surface area contributed by atoms with Gasteiger partial charge in [-0.3, -0.25) is 4.79 Å². The van der Waals surface area contributed by atoms with Gasteiger partial charge >= 0.3 is 12.1 Å². The van der Waals surface area contributed by atoms with E-state index in [0.717, 1.165) is 22.3 Å². The number of nitrogens with one attached hydrogen (secondary N) is 1. The molecule has 4 rings (SSSR count). The maximum atomic E-state index is 12.9. The Bertz CT molecular complexity index is 1010. The first kappa shape index (κ1) is 21.9. The van der Waals surface area contributed by atoms with E-state index in [1.165, 1.54) is 4.90 Å². The number of hydrogen-bond acceptors (Lipinski definition) is 4. The molecule has 2 aromatic rings. The van der Waals surface area contributed by atoms with Crippen molar-refractivity contribution in [2.24, 2.45) is 0 Å². The SMILES string of the molecule is CCC1(C(=O)O)CCCN1C(=O)C(C)NC(=O)OCC1c2ccccc2-c2ccccc21. The van der Waals surface area contributed by atoms with E-state index in [0.29, 0.717) is 25.8 Å². The second-order valence-electron chi connectivity index (χ2n) is 8.48. The topological polar surface area (TPSA) is 95.9 Å². The van der Waals surface area contributed by atoms with Crippen LogP contribution in [0.1, 0.15) is 50.2 Å². The van der Waals surface area contributed by atoms with Gasteiger partial charge in [0.05, 0.1) is 0 Å². The zero-order valence-corrected chi connectivity index (χ0v) is 18.3. The number of carboxylic acids is 1. The highest BCUT2D eigenvalue weighted by atomic mass is 16.5. The minimum atomic E-state index is -1.20. The number of hydrogen-bond donors (Lipinski definition) is 2. The lowest BCUT2D eigenvalue weighted by atomic mass is 9.92. The summed E-state index contributed by atoms with van der Waals surface area (Å²) < 4.78 is 5.51. The molecule has 1 saturated heterocycles. The van der Waals surface area contributed by atoms with Gasteiger partial charge in [0.1, 0.15) is 18.2 Å². The van der Waals surface area contributed by atoms with E-state index in [2.05, 4.69) is 17.4 Å². The first-order chi connectivity index (χ1) is 15.4. The van der Waals surface area contributed by atoms with Gasteiger partial charge in [0.15, 0.2) is 0 Å². The van der Waals surface area contributed by atoms with Crippen LogP contribution in [-0.2, 0) is 14.3 Å². The molecule has 1 aliphatic carbocycles. The maximum absolute atomic E-state index is 12.9. The van der Waals surface area contributed by atoms with E-state index in [9.17, 15) is 19.5 Å². The van der Waals surface area contributed by atoms with Crippen molar-refractivity contribution in [3.63, 3.8) is 0 Å². The molecule has 32 heavy (non-hydrogen) atoms. The number of rotatable bonds is 6. The number of ether oxygens (including phenoxy) is 1. The number of benzene rings is 2. The lowest BCUT2D eigenvalue weighted by molar-refractivity contribution is -0.157. The molecule has 7 heteroatoms. The number of likely N-dealkylation sites (tertiary alicyclic amines) is 1. The third-order valence-corrected chi connectivity index (χ3v) is 6.79. The standard InChI is InChI=1S/C25H28N2O5/c1-3-25(23(29)30)13-8-14-27(25)22(28)16(2)26-24(31)32-15-21-19-11-6-4-9-17(19)18-10-5-7-12-20(18)21/h4-7,9-12,16,21H,3,8,13-15H2,1-2H3,(H,26,31)(H,29,30). The summed E-state index contributed by atoms with van der Waals surface area (Å²) in [5.74, 6) is -1.48. The first-order valence-electron chi connectivity index (χ1n) is 11.1. The van der Waals surface area contributed by atoms with Crippen LogP contribution in [0.4, 0.5) is 4.79 Å². The number of carboxylic acid groups (broad SMARTS) is 1. The van der Waals surface area contributed by atoms with Crippen molar-refractivity contribution in [2.75, 3.05) is 13.2 Å². The molecule has 2 amide bonds. The molecular formula is C25H28N2O5. The van der Waals surface area contributed by atoms with Gasteiger partial charge < -0.3 is 20.1 Å². The fourth-order valence-electron chi connectivity index (χ4n) is 5.05. The molecule has 2 N–H and O–H groups in total. The highest BCUT2D eigenvalue weighted by Gasteiger charge is 2.49. The molecule has 0 radical (unpaired) electrons. The Morgan fingerprint density at radius 2 is 1.72 bits per heavy atom. The normalized spacial score (nSPS) is 20.4. The molecule has 0 bridgehead atoms. The van der Waals surface area contributed by atoms with Crippen molar-refractivity contribution < 1.29 is 24.2 Å². The predicted molar refractivity (Wildman–Crippen MR) is 119 cm³/mol. The second kappa shape index (κ2) is 8.65. The lowest BCUT2D eigenvalue weighted by Gasteiger charge is -2.35. The maximum Gasteiger partial charge on any atom is 0.407 e. The summed E-state index contributed by atoms with van der Waals surface area (Å²) in [4.78, 5) is 38.7. The van der Waals surface area contributed by atoms with E-state index in [4.69, 9.17) is 4.74 Å². The number of carbonyl (C=O) groups is 3. The van der Waals surface area contributed by atoms with Gasteiger partial charge in [-0.2, -0.15) is 0 Å². The van der Waals surface area contributed by atoms with Crippen LogP contribution in [0.15, 0.2) is 48.5 Å². The average Bonchev–Trinajstić information content (AvgIpc) is 3.37. The molecule has 1 heterocycles. The van der Waals surface area contributed by atoms with Crippen molar-refractivity contribution in [1.29, 1.82) is 0 Å². The molecule has 2 atom stereocenters. The van der Waals surface area contributed by atoms with Crippen molar-refractivity contribution in [3.05, 3.63) is 59.7 Å². The molecule has 2 unspecified atom stereocenters. The second-order valence-corrected chi connectivity index (χ2v) is 8.48. The summed E-state index contributed by atoms with van der Waals surface area (Å²) in [7, 11) is 0. The van der Waals surface area contributed by atoms with Gasteiger partial charge in [-0.05, 0) is 48.4 Å². The highest BCUT2D eigenvalue weighted by molar-refractivity contribution is 5.91. The summed E-state index contributed by atoms with van der Waals surface area (Å²) in [5.41, 5.74) is 3.29. The molecule has 0 saturated carbocycles. The summed E-state index contributed by atoms with van der Waals surface area (Å²) in [6.07, 6.45) is 0.682. The van der Waals surface area contributed by atoms with Crippen molar-refractivity contribution >= 4 is 18.0 Å². The van der Waals surface area contributed by atoms with Gasteiger partial charge in [-0.15, -0.1) is 0 Å². The van der Waals surface area contributed by atoms with E-state index >= 15 is 0 Å². The Morgan fingerprint density at radius 3 is 2.28 bits per heavy atom. The molecule has 0 spiro atoms. The smallest absolute Gasteiger partial charge is 0.407 e. The lowest BCUT2D eigenvalue weighted by Crippen LogP contribution is -2.57.